The maximum absolute atomic E-state index is 12.6. The molecule has 0 fully saturated rings. The van der Waals surface area contributed by atoms with E-state index in [4.69, 9.17) is 9.47 Å². The SMILES string of the molecule is Cc1cc(/C=C/C(=O)c2ccc(OCCc3ccccc3)cc2)cc(C)c1OC(C)(C)C(=O)O. The molecule has 34 heavy (non-hydrogen) atoms. The zero-order valence-corrected chi connectivity index (χ0v) is 20.0. The lowest BCUT2D eigenvalue weighted by Crippen LogP contribution is -2.38. The highest BCUT2D eigenvalue weighted by Crippen LogP contribution is 2.29. The summed E-state index contributed by atoms with van der Waals surface area (Å²) in [7, 11) is 0. The number of aliphatic carboxylic acids is 1. The fraction of sp³-hybridized carbons (Fsp3) is 0.241. The number of aryl methyl sites for hydroxylation is 2. The fourth-order valence-electron chi connectivity index (χ4n) is 3.45. The maximum atomic E-state index is 12.6. The first-order chi connectivity index (χ1) is 16.2. The molecule has 1 N–H and O–H groups in total. The Morgan fingerprint density at radius 3 is 2.15 bits per heavy atom. The second-order valence-corrected chi connectivity index (χ2v) is 8.71. The van der Waals surface area contributed by atoms with Gasteiger partial charge >= 0.3 is 5.97 Å². The van der Waals surface area contributed by atoms with Gasteiger partial charge in [0.15, 0.2) is 11.4 Å². The molecule has 0 aliphatic rings. The number of carboxylic acids is 1. The summed E-state index contributed by atoms with van der Waals surface area (Å²) in [6, 6.07) is 21.0. The van der Waals surface area contributed by atoms with Gasteiger partial charge in [-0.15, -0.1) is 0 Å². The number of carbonyl (C=O) groups is 2. The van der Waals surface area contributed by atoms with E-state index < -0.39 is 11.6 Å². The minimum Gasteiger partial charge on any atom is -0.493 e. The lowest BCUT2D eigenvalue weighted by atomic mass is 10.0. The molecule has 0 amide bonds. The molecule has 0 bridgehead atoms. The van der Waals surface area contributed by atoms with Crippen LogP contribution in [0.25, 0.3) is 6.08 Å². The number of rotatable bonds is 10. The number of carbonyl (C=O) groups excluding carboxylic acids is 1. The van der Waals surface area contributed by atoms with Crippen LogP contribution in [-0.4, -0.2) is 29.1 Å². The normalized spacial score (nSPS) is 11.4. The van der Waals surface area contributed by atoms with E-state index in [2.05, 4.69) is 12.1 Å². The summed E-state index contributed by atoms with van der Waals surface area (Å²) in [5.41, 5.74) is 2.90. The molecule has 0 unspecified atom stereocenters. The highest BCUT2D eigenvalue weighted by atomic mass is 16.5. The minimum atomic E-state index is -1.33. The third-order valence-corrected chi connectivity index (χ3v) is 5.42. The minimum absolute atomic E-state index is 0.113. The van der Waals surface area contributed by atoms with Crippen LogP contribution in [-0.2, 0) is 11.2 Å². The summed E-state index contributed by atoms with van der Waals surface area (Å²) < 4.78 is 11.5. The summed E-state index contributed by atoms with van der Waals surface area (Å²) >= 11 is 0. The Morgan fingerprint density at radius 1 is 0.941 bits per heavy atom. The van der Waals surface area contributed by atoms with Gasteiger partial charge in [-0.05, 0) is 92.4 Å². The van der Waals surface area contributed by atoms with Crippen LogP contribution < -0.4 is 9.47 Å². The Labute approximate surface area is 200 Å². The standard InChI is InChI=1S/C29H30O5/c1-20-18-23(19-21(2)27(20)34-29(3,4)28(31)32)10-15-26(30)24-11-13-25(14-12-24)33-17-16-22-8-6-5-7-9-22/h5-15,18-19H,16-17H2,1-4H3,(H,31,32)/b15-10+. The van der Waals surface area contributed by atoms with Crippen molar-refractivity contribution >= 4 is 17.8 Å². The van der Waals surface area contributed by atoms with E-state index in [9.17, 15) is 14.7 Å². The van der Waals surface area contributed by atoms with Crippen LogP contribution in [0.5, 0.6) is 11.5 Å². The Kier molecular flexibility index (Phi) is 7.90. The van der Waals surface area contributed by atoms with Gasteiger partial charge in [0, 0.05) is 12.0 Å². The molecule has 0 heterocycles. The van der Waals surface area contributed by atoms with Crippen LogP contribution >= 0.6 is 0 Å². The quantitative estimate of drug-likeness (QED) is 0.295. The number of benzene rings is 3. The van der Waals surface area contributed by atoms with Crippen LogP contribution in [0.2, 0.25) is 0 Å². The van der Waals surface area contributed by atoms with E-state index in [0.717, 1.165) is 28.9 Å². The Bertz CT molecular complexity index is 1150. The molecule has 3 rings (SSSR count). The molecule has 3 aromatic carbocycles. The van der Waals surface area contributed by atoms with Gasteiger partial charge < -0.3 is 14.6 Å². The van der Waals surface area contributed by atoms with E-state index in [-0.39, 0.29) is 5.78 Å². The number of hydrogen-bond donors (Lipinski definition) is 1. The molecule has 5 nitrogen and oxygen atoms in total. The zero-order valence-electron chi connectivity index (χ0n) is 20.0. The summed E-state index contributed by atoms with van der Waals surface area (Å²) in [5, 5.41) is 9.32. The molecule has 0 aliphatic carbocycles. The molecule has 0 spiro atoms. The number of allylic oxidation sites excluding steroid dienone is 1. The molecule has 0 radical (unpaired) electrons. The van der Waals surface area contributed by atoms with Gasteiger partial charge in [0.1, 0.15) is 11.5 Å². The molecule has 0 saturated heterocycles. The number of ether oxygens (including phenoxy) is 2. The van der Waals surface area contributed by atoms with Crippen molar-refractivity contribution in [2.24, 2.45) is 0 Å². The lowest BCUT2D eigenvalue weighted by molar-refractivity contribution is -0.152. The van der Waals surface area contributed by atoms with Crippen molar-refractivity contribution in [1.82, 2.24) is 0 Å². The van der Waals surface area contributed by atoms with E-state index in [1.807, 2.05) is 44.2 Å². The number of ketones is 1. The summed E-state index contributed by atoms with van der Waals surface area (Å²) in [6.07, 6.45) is 4.10. The fourth-order valence-corrected chi connectivity index (χ4v) is 3.45. The second kappa shape index (κ2) is 10.8. The maximum Gasteiger partial charge on any atom is 0.347 e. The first-order valence-electron chi connectivity index (χ1n) is 11.2. The lowest BCUT2D eigenvalue weighted by Gasteiger charge is -2.24. The summed E-state index contributed by atoms with van der Waals surface area (Å²) in [4.78, 5) is 24.0. The van der Waals surface area contributed by atoms with Crippen LogP contribution in [0.1, 0.15) is 46.5 Å². The highest BCUT2D eigenvalue weighted by Gasteiger charge is 2.30. The van der Waals surface area contributed by atoms with Gasteiger partial charge in [-0.1, -0.05) is 36.4 Å². The second-order valence-electron chi connectivity index (χ2n) is 8.71. The molecule has 0 aliphatic heterocycles. The Morgan fingerprint density at radius 2 is 1.56 bits per heavy atom. The first kappa shape index (κ1) is 24.8. The van der Waals surface area contributed by atoms with Crippen molar-refractivity contribution in [1.29, 1.82) is 0 Å². The highest BCUT2D eigenvalue weighted by molar-refractivity contribution is 6.06. The molecule has 5 heteroatoms. The van der Waals surface area contributed by atoms with Gasteiger partial charge in [0.25, 0.3) is 0 Å². The molecule has 0 atom stereocenters. The van der Waals surface area contributed by atoms with Crippen LogP contribution in [0.4, 0.5) is 0 Å². The van der Waals surface area contributed by atoms with Gasteiger partial charge in [-0.3, -0.25) is 4.79 Å². The average molecular weight is 459 g/mol. The van der Waals surface area contributed by atoms with Crippen molar-refractivity contribution in [3.05, 3.63) is 101 Å². The van der Waals surface area contributed by atoms with Crippen molar-refractivity contribution in [2.45, 2.75) is 39.7 Å². The molecule has 3 aromatic rings. The smallest absolute Gasteiger partial charge is 0.347 e. The summed E-state index contributed by atoms with van der Waals surface area (Å²) in [6.45, 7) is 7.31. The zero-order chi connectivity index (χ0) is 24.7. The first-order valence-corrected chi connectivity index (χ1v) is 11.2. The van der Waals surface area contributed by atoms with E-state index in [0.29, 0.717) is 17.9 Å². The third-order valence-electron chi connectivity index (χ3n) is 5.42. The van der Waals surface area contributed by atoms with E-state index >= 15 is 0 Å². The largest absolute Gasteiger partial charge is 0.493 e. The Hall–Kier alpha value is -3.86. The van der Waals surface area contributed by atoms with Gasteiger partial charge in [-0.2, -0.15) is 0 Å². The molecule has 0 saturated carbocycles. The predicted molar refractivity (Wildman–Crippen MR) is 134 cm³/mol. The van der Waals surface area contributed by atoms with Crippen molar-refractivity contribution in [3.63, 3.8) is 0 Å². The van der Waals surface area contributed by atoms with Crippen molar-refractivity contribution in [2.75, 3.05) is 6.61 Å². The van der Waals surface area contributed by atoms with Gasteiger partial charge in [0.2, 0.25) is 0 Å². The Balaban J connectivity index is 1.61. The predicted octanol–water partition coefficient (Wildman–Crippen LogP) is 6.06. The van der Waals surface area contributed by atoms with Gasteiger partial charge in [0.05, 0.1) is 6.61 Å². The summed E-state index contributed by atoms with van der Waals surface area (Å²) in [5.74, 6) is 0.119. The number of hydrogen-bond acceptors (Lipinski definition) is 4. The molecular formula is C29H30O5. The third kappa shape index (κ3) is 6.58. The molecular weight excluding hydrogens is 428 g/mol. The topological polar surface area (TPSA) is 72.8 Å². The van der Waals surface area contributed by atoms with Crippen molar-refractivity contribution < 1.29 is 24.2 Å². The van der Waals surface area contributed by atoms with E-state index in [1.54, 1.807) is 30.3 Å². The average Bonchev–Trinajstić information content (AvgIpc) is 2.81. The van der Waals surface area contributed by atoms with E-state index in [1.165, 1.54) is 25.5 Å². The van der Waals surface area contributed by atoms with Gasteiger partial charge in [-0.25, -0.2) is 4.79 Å². The molecule has 176 valence electrons. The van der Waals surface area contributed by atoms with Crippen LogP contribution in [0, 0.1) is 13.8 Å². The molecule has 0 aromatic heterocycles. The van der Waals surface area contributed by atoms with Crippen molar-refractivity contribution in [3.8, 4) is 11.5 Å². The van der Waals surface area contributed by atoms with Crippen LogP contribution in [0.15, 0.2) is 72.8 Å². The number of carboxylic acid groups (broad SMARTS) is 1. The monoisotopic (exact) mass is 458 g/mol. The van der Waals surface area contributed by atoms with Crippen LogP contribution in [0.3, 0.4) is 0 Å².